The zero-order valence-corrected chi connectivity index (χ0v) is 23.5. The third-order valence-corrected chi connectivity index (χ3v) is 6.61. The first-order valence-electron chi connectivity index (χ1n) is 14.2. The van der Waals surface area contributed by atoms with E-state index in [-0.39, 0.29) is 17.6 Å². The molecule has 0 aromatic carbocycles. The Morgan fingerprint density at radius 3 is 1.83 bits per heavy atom. The van der Waals surface area contributed by atoms with Crippen molar-refractivity contribution in [1.29, 1.82) is 0 Å². The quantitative estimate of drug-likeness (QED) is 0.106. The van der Waals surface area contributed by atoms with Gasteiger partial charge in [0.25, 0.3) is 5.56 Å². The predicted octanol–water partition coefficient (Wildman–Crippen LogP) is 2.86. The van der Waals surface area contributed by atoms with E-state index in [1.165, 1.54) is 64.2 Å². The Bertz CT molecular complexity index is 1310. The molecule has 7 N–H and O–H groups in total. The summed E-state index contributed by atoms with van der Waals surface area (Å²) in [6.07, 6.45) is 13.4. The fourth-order valence-electron chi connectivity index (χ4n) is 4.31. The highest BCUT2D eigenvalue weighted by Crippen LogP contribution is 2.21. The van der Waals surface area contributed by atoms with E-state index < -0.39 is 59.2 Å². The van der Waals surface area contributed by atoms with Gasteiger partial charge in [0.05, 0.1) is 0 Å². The first-order valence-corrected chi connectivity index (χ1v) is 14.2. The van der Waals surface area contributed by atoms with Crippen molar-refractivity contribution in [3.8, 4) is 0 Å². The number of unbranched alkanes of at least 4 members (excludes halogenated alkanes) is 12. The Morgan fingerprint density at radius 1 is 0.805 bits per heavy atom. The summed E-state index contributed by atoms with van der Waals surface area (Å²) >= 11 is 0. The Labute approximate surface area is 236 Å². The van der Waals surface area contributed by atoms with Crippen molar-refractivity contribution >= 4 is 23.1 Å². The zero-order valence-electron chi connectivity index (χ0n) is 23.5. The summed E-state index contributed by atoms with van der Waals surface area (Å²) in [7, 11) is 0. The highest BCUT2D eigenvalue weighted by molar-refractivity contribution is 5.89. The third kappa shape index (κ3) is 11.7. The minimum Gasteiger partial charge on any atom is -0.505 e. The van der Waals surface area contributed by atoms with E-state index in [2.05, 4.69) is 26.6 Å². The number of carbonyl (C=O) groups is 2. The Hall–Kier alpha value is -3.81. The fraction of sp³-hybridized carbons (Fsp3) is 0.667. The van der Waals surface area contributed by atoms with Gasteiger partial charge in [-0.2, -0.15) is 0 Å². The normalized spacial score (nSPS) is 15.5. The second kappa shape index (κ2) is 17.8. The lowest BCUT2D eigenvalue weighted by atomic mass is 10.0. The van der Waals surface area contributed by atoms with Crippen LogP contribution in [0.25, 0.3) is 11.2 Å². The van der Waals surface area contributed by atoms with Crippen LogP contribution in [-0.4, -0.2) is 66.0 Å². The highest BCUT2D eigenvalue weighted by atomic mass is 16.6. The van der Waals surface area contributed by atoms with Crippen LogP contribution >= 0.6 is 0 Å². The molecular formula is C27H42N4O10. The van der Waals surface area contributed by atoms with Gasteiger partial charge in [-0.25, -0.2) is 14.4 Å². The smallest absolute Gasteiger partial charge is 0.377 e. The number of cyclic esters (lactones) is 1. The molecule has 0 saturated carbocycles. The van der Waals surface area contributed by atoms with Crippen molar-refractivity contribution in [2.45, 2.75) is 109 Å². The van der Waals surface area contributed by atoms with E-state index in [0.717, 1.165) is 19.3 Å². The molecule has 14 nitrogen and oxygen atoms in total. The molecule has 3 heterocycles. The molecule has 2 aromatic rings. The molecule has 2 aromatic heterocycles. The van der Waals surface area contributed by atoms with E-state index >= 15 is 0 Å². The van der Waals surface area contributed by atoms with Gasteiger partial charge in [-0.3, -0.25) is 29.5 Å². The maximum Gasteiger partial charge on any atom is 0.377 e. The van der Waals surface area contributed by atoms with E-state index in [4.69, 9.17) is 4.74 Å². The molecular weight excluding hydrogens is 540 g/mol. The van der Waals surface area contributed by atoms with Gasteiger partial charge < -0.3 is 24.8 Å². The molecule has 0 fully saturated rings. The molecule has 0 aliphatic carbocycles. The molecule has 3 rings (SSSR count). The van der Waals surface area contributed by atoms with Gasteiger partial charge in [-0.1, -0.05) is 84.0 Å². The van der Waals surface area contributed by atoms with Crippen molar-refractivity contribution in [3.63, 3.8) is 0 Å². The number of carbonyl (C=O) groups excluding carboxylic acids is 2. The summed E-state index contributed by atoms with van der Waals surface area (Å²) in [6.45, 7) is 1.83. The molecule has 0 bridgehead atoms. The summed E-state index contributed by atoms with van der Waals surface area (Å²) in [5, 5.41) is 28.5. The molecule has 1 aliphatic heterocycles. The Kier molecular flexibility index (Phi) is 14.5. The number of H-pyrrole nitrogens is 4. The number of esters is 2. The monoisotopic (exact) mass is 582 g/mol. The molecule has 41 heavy (non-hydrogen) atoms. The number of aromatic nitrogens is 4. The van der Waals surface area contributed by atoms with Crippen molar-refractivity contribution in [2.75, 3.05) is 6.61 Å². The standard InChI is InChI=1S/C22H38O7.C5H4N4O3/c1-2-3-4-5-6-7-8-9-10-11-12-13-14-15-18(24)28-16-17(23)21-19(25)20(26)22(27)29-21;10-3-1-2(7-4(11)6-1)8-5(12)9-3/h17,21,23,25-26H,2-16H2,1H3;(H4,6,7,8,9,10,11,12)/t17-,21+;/m0./s1. The lowest BCUT2D eigenvalue weighted by Crippen LogP contribution is -2.33. The van der Waals surface area contributed by atoms with Gasteiger partial charge in [0.1, 0.15) is 23.9 Å². The van der Waals surface area contributed by atoms with Gasteiger partial charge in [0, 0.05) is 6.42 Å². The van der Waals surface area contributed by atoms with Crippen molar-refractivity contribution in [2.24, 2.45) is 0 Å². The van der Waals surface area contributed by atoms with Crippen molar-refractivity contribution in [1.82, 2.24) is 19.9 Å². The van der Waals surface area contributed by atoms with Crippen LogP contribution in [0.5, 0.6) is 0 Å². The van der Waals surface area contributed by atoms with Crippen LogP contribution < -0.4 is 16.9 Å². The first-order chi connectivity index (χ1) is 19.6. The molecule has 14 heteroatoms. The van der Waals surface area contributed by atoms with Gasteiger partial charge in [0.2, 0.25) is 5.76 Å². The van der Waals surface area contributed by atoms with Gasteiger partial charge in [-0.15, -0.1) is 0 Å². The van der Waals surface area contributed by atoms with Crippen molar-refractivity contribution < 1.29 is 34.4 Å². The number of ether oxygens (including phenoxy) is 2. The summed E-state index contributed by atoms with van der Waals surface area (Å²) in [5.41, 5.74) is -1.65. The molecule has 0 spiro atoms. The Balaban J connectivity index is 0.000000401. The van der Waals surface area contributed by atoms with Crippen LogP contribution in [0.1, 0.15) is 96.8 Å². The lowest BCUT2D eigenvalue weighted by molar-refractivity contribution is -0.154. The SMILES string of the molecule is CCCCCCCCCCCCCCCC(=O)OC[C@H](O)[C@H]1OC(=O)C(O)=C1O.O=c1[nH]c(=O)c2[nH]c(=O)[nH]c2[nH]1. The van der Waals surface area contributed by atoms with Crippen LogP contribution in [-0.2, 0) is 19.1 Å². The molecule has 0 radical (unpaired) electrons. The second-order valence-electron chi connectivity index (χ2n) is 10.0. The van der Waals surface area contributed by atoms with Gasteiger partial charge in [-0.05, 0) is 6.42 Å². The van der Waals surface area contributed by atoms with E-state index in [1.807, 2.05) is 4.98 Å². The summed E-state index contributed by atoms with van der Waals surface area (Å²) in [5.74, 6) is -3.21. The minimum absolute atomic E-state index is 0.0413. The molecule has 230 valence electrons. The number of hydrogen-bond donors (Lipinski definition) is 7. The number of aliphatic hydroxyl groups is 3. The van der Waals surface area contributed by atoms with Crippen LogP contribution in [0.3, 0.4) is 0 Å². The summed E-state index contributed by atoms with van der Waals surface area (Å²) in [6, 6.07) is 0. The van der Waals surface area contributed by atoms with Crippen LogP contribution in [0.2, 0.25) is 0 Å². The maximum absolute atomic E-state index is 11.7. The minimum atomic E-state index is -1.42. The first kappa shape index (κ1) is 33.4. The average molecular weight is 583 g/mol. The lowest BCUT2D eigenvalue weighted by Gasteiger charge is -2.17. The predicted molar refractivity (Wildman–Crippen MR) is 150 cm³/mol. The van der Waals surface area contributed by atoms with Crippen LogP contribution in [0.4, 0.5) is 0 Å². The average Bonchev–Trinajstić information content (AvgIpc) is 3.44. The van der Waals surface area contributed by atoms with E-state index in [1.54, 1.807) is 0 Å². The van der Waals surface area contributed by atoms with Crippen LogP contribution in [0, 0.1) is 0 Å². The largest absolute Gasteiger partial charge is 0.505 e. The number of hydrogen-bond acceptors (Lipinski definition) is 10. The number of aliphatic hydroxyl groups excluding tert-OH is 3. The van der Waals surface area contributed by atoms with E-state index in [9.17, 15) is 39.3 Å². The second-order valence-corrected chi connectivity index (χ2v) is 10.0. The highest BCUT2D eigenvalue weighted by Gasteiger charge is 2.39. The number of fused-ring (bicyclic) bond motifs is 1. The molecule has 0 amide bonds. The number of imidazole rings is 1. The van der Waals surface area contributed by atoms with Crippen LogP contribution in [0.15, 0.2) is 25.9 Å². The Morgan fingerprint density at radius 2 is 1.32 bits per heavy atom. The number of nitrogens with one attached hydrogen (secondary N) is 4. The van der Waals surface area contributed by atoms with Gasteiger partial charge >= 0.3 is 23.3 Å². The zero-order chi connectivity index (χ0) is 30.2. The summed E-state index contributed by atoms with van der Waals surface area (Å²) < 4.78 is 9.55. The number of aromatic amines is 4. The van der Waals surface area contributed by atoms with E-state index in [0.29, 0.717) is 0 Å². The summed E-state index contributed by atoms with van der Waals surface area (Å²) in [4.78, 5) is 63.8. The maximum atomic E-state index is 11.7. The number of rotatable bonds is 17. The molecule has 0 saturated heterocycles. The third-order valence-electron chi connectivity index (χ3n) is 6.61. The fourth-order valence-corrected chi connectivity index (χ4v) is 4.31. The van der Waals surface area contributed by atoms with Gasteiger partial charge in [0.15, 0.2) is 11.9 Å². The topological polar surface area (TPSA) is 228 Å². The molecule has 2 atom stereocenters. The van der Waals surface area contributed by atoms with Crippen molar-refractivity contribution in [3.05, 3.63) is 42.8 Å². The molecule has 1 aliphatic rings. The molecule has 0 unspecified atom stereocenters.